The molecule has 0 spiro atoms. The van der Waals surface area contributed by atoms with Crippen LogP contribution in [0.15, 0.2) is 59.4 Å². The number of benzene rings is 2. The lowest BCUT2D eigenvalue weighted by atomic mass is 10.0. The van der Waals surface area contributed by atoms with Gasteiger partial charge in [-0.25, -0.2) is 0 Å². The predicted molar refractivity (Wildman–Crippen MR) is 113 cm³/mol. The monoisotopic (exact) mass is 393 g/mol. The third-order valence-electron chi connectivity index (χ3n) is 5.09. The number of para-hydroxylation sites is 1. The van der Waals surface area contributed by atoms with Gasteiger partial charge >= 0.3 is 0 Å². The number of fused-ring (bicyclic) bond motifs is 1. The van der Waals surface area contributed by atoms with Gasteiger partial charge in [-0.2, -0.15) is 0 Å². The van der Waals surface area contributed by atoms with Crippen LogP contribution in [0.3, 0.4) is 0 Å². The molecule has 2 aromatic carbocycles. The van der Waals surface area contributed by atoms with Crippen molar-refractivity contribution in [3.8, 4) is 11.3 Å². The van der Waals surface area contributed by atoms with E-state index < -0.39 is 0 Å². The summed E-state index contributed by atoms with van der Waals surface area (Å²) >= 11 is 6.32. The second-order valence-corrected chi connectivity index (χ2v) is 7.49. The molecule has 0 atom stereocenters. The third-order valence-corrected chi connectivity index (χ3v) is 5.41. The number of amides is 1. The first-order valence-electron chi connectivity index (χ1n) is 8.95. The summed E-state index contributed by atoms with van der Waals surface area (Å²) < 4.78 is 1.54. The van der Waals surface area contributed by atoms with Gasteiger partial charge in [-0.3, -0.25) is 9.59 Å². The van der Waals surface area contributed by atoms with Crippen molar-refractivity contribution in [3.63, 3.8) is 0 Å². The summed E-state index contributed by atoms with van der Waals surface area (Å²) in [5.41, 5.74) is 4.24. The van der Waals surface area contributed by atoms with Crippen LogP contribution in [0.25, 0.3) is 11.3 Å². The molecule has 5 nitrogen and oxygen atoms in total. The van der Waals surface area contributed by atoms with E-state index in [2.05, 4.69) is 0 Å². The van der Waals surface area contributed by atoms with E-state index >= 15 is 0 Å². The highest BCUT2D eigenvalue weighted by atomic mass is 35.5. The van der Waals surface area contributed by atoms with Gasteiger partial charge < -0.3 is 14.4 Å². The zero-order valence-electron chi connectivity index (χ0n) is 15.9. The molecule has 0 N–H and O–H groups in total. The first kappa shape index (κ1) is 18.3. The Hall–Kier alpha value is -3.05. The van der Waals surface area contributed by atoms with E-state index in [0.717, 1.165) is 16.8 Å². The van der Waals surface area contributed by atoms with Gasteiger partial charge in [0.2, 0.25) is 0 Å². The quantitative estimate of drug-likeness (QED) is 0.677. The normalized spacial score (nSPS) is 13.0. The molecular formula is C22H20ClN3O2. The summed E-state index contributed by atoms with van der Waals surface area (Å²) in [4.78, 5) is 29.6. The second-order valence-electron chi connectivity index (χ2n) is 7.08. The smallest absolute Gasteiger partial charge is 0.261 e. The van der Waals surface area contributed by atoms with E-state index in [4.69, 9.17) is 11.6 Å². The number of pyridine rings is 1. The predicted octanol–water partition coefficient (Wildman–Crippen LogP) is 3.93. The van der Waals surface area contributed by atoms with Crippen LogP contribution in [0.5, 0.6) is 0 Å². The van der Waals surface area contributed by atoms with Crippen LogP contribution in [0.2, 0.25) is 5.02 Å². The summed E-state index contributed by atoms with van der Waals surface area (Å²) in [5, 5.41) is 0.506. The molecule has 0 radical (unpaired) electrons. The van der Waals surface area contributed by atoms with Gasteiger partial charge in [0, 0.05) is 38.5 Å². The van der Waals surface area contributed by atoms with Crippen LogP contribution in [0.4, 0.5) is 11.4 Å². The zero-order valence-corrected chi connectivity index (χ0v) is 16.7. The van der Waals surface area contributed by atoms with Crippen LogP contribution < -0.4 is 15.4 Å². The van der Waals surface area contributed by atoms with Gasteiger partial charge in [-0.15, -0.1) is 0 Å². The summed E-state index contributed by atoms with van der Waals surface area (Å²) in [6, 6.07) is 16.6. The molecule has 3 aromatic rings. The second kappa shape index (κ2) is 6.84. The Labute approximate surface area is 168 Å². The van der Waals surface area contributed by atoms with Crippen LogP contribution in [0.1, 0.15) is 15.9 Å². The standard InChI is InChI=1S/C22H20ClN3O2/c1-24(2)16-8-6-7-14(11-16)21-20-15(12-19(27)25(21)3)13-26(22(20)28)18-10-5-4-9-17(18)23/h4-12H,13H2,1-3H3. The summed E-state index contributed by atoms with van der Waals surface area (Å²) in [5.74, 6) is -0.149. The molecule has 2 heterocycles. The lowest BCUT2D eigenvalue weighted by Crippen LogP contribution is -2.24. The van der Waals surface area contributed by atoms with Gasteiger partial charge in [0.1, 0.15) is 0 Å². The minimum atomic E-state index is -0.149. The third kappa shape index (κ3) is 2.88. The van der Waals surface area contributed by atoms with Gasteiger partial charge in [-0.05, 0) is 29.8 Å². The number of aromatic nitrogens is 1. The maximum Gasteiger partial charge on any atom is 0.261 e. The minimum Gasteiger partial charge on any atom is -0.378 e. The van der Waals surface area contributed by atoms with Crippen molar-refractivity contribution in [1.29, 1.82) is 0 Å². The molecule has 0 unspecified atom stereocenters. The molecule has 0 aliphatic carbocycles. The van der Waals surface area contributed by atoms with Crippen molar-refractivity contribution in [2.24, 2.45) is 7.05 Å². The topological polar surface area (TPSA) is 45.6 Å². The fraction of sp³-hybridized carbons (Fsp3) is 0.182. The van der Waals surface area contributed by atoms with Crippen molar-refractivity contribution >= 4 is 28.9 Å². The Kier molecular flexibility index (Phi) is 4.47. The number of nitrogens with zero attached hydrogens (tertiary/aromatic N) is 3. The number of anilines is 2. The van der Waals surface area contributed by atoms with E-state index in [0.29, 0.717) is 28.5 Å². The van der Waals surface area contributed by atoms with Gasteiger partial charge in [0.25, 0.3) is 11.5 Å². The zero-order chi connectivity index (χ0) is 20.0. The first-order chi connectivity index (χ1) is 13.4. The molecule has 1 aliphatic rings. The fourth-order valence-corrected chi connectivity index (χ4v) is 3.86. The molecule has 1 aromatic heterocycles. The number of carbonyl (C=O) groups excluding carboxylic acids is 1. The van der Waals surface area contributed by atoms with E-state index in [9.17, 15) is 9.59 Å². The Morgan fingerprint density at radius 3 is 2.46 bits per heavy atom. The number of carbonyl (C=O) groups is 1. The van der Waals surface area contributed by atoms with Gasteiger partial charge in [-0.1, -0.05) is 35.9 Å². The van der Waals surface area contributed by atoms with Crippen molar-refractivity contribution in [1.82, 2.24) is 4.57 Å². The maximum atomic E-state index is 13.4. The van der Waals surface area contributed by atoms with Gasteiger partial charge in [0.15, 0.2) is 0 Å². The minimum absolute atomic E-state index is 0.141. The molecule has 1 aliphatic heterocycles. The lowest BCUT2D eigenvalue weighted by Gasteiger charge is -2.18. The molecular weight excluding hydrogens is 374 g/mol. The Morgan fingerprint density at radius 1 is 1.00 bits per heavy atom. The van der Waals surface area contributed by atoms with Gasteiger partial charge in [0.05, 0.1) is 28.5 Å². The SMILES string of the molecule is CN(C)c1cccc(-c2c3c(cc(=O)n2C)CN(c2ccccc2Cl)C3=O)c1. The van der Waals surface area contributed by atoms with E-state index in [1.54, 1.807) is 28.6 Å². The molecule has 28 heavy (non-hydrogen) atoms. The summed E-state index contributed by atoms with van der Waals surface area (Å²) in [6.07, 6.45) is 0. The highest BCUT2D eigenvalue weighted by Gasteiger charge is 2.34. The number of hydrogen-bond donors (Lipinski definition) is 0. The molecule has 6 heteroatoms. The summed E-state index contributed by atoms with van der Waals surface area (Å²) in [6.45, 7) is 0.328. The van der Waals surface area contributed by atoms with Crippen LogP contribution in [-0.4, -0.2) is 24.6 Å². The van der Waals surface area contributed by atoms with Crippen molar-refractivity contribution in [2.75, 3.05) is 23.9 Å². The molecule has 0 saturated carbocycles. The molecule has 0 fully saturated rings. The maximum absolute atomic E-state index is 13.4. The van der Waals surface area contributed by atoms with Crippen LogP contribution in [0, 0.1) is 0 Å². The molecule has 142 valence electrons. The van der Waals surface area contributed by atoms with Crippen molar-refractivity contribution in [2.45, 2.75) is 6.54 Å². The average Bonchev–Trinajstić information content (AvgIpc) is 2.99. The van der Waals surface area contributed by atoms with Crippen molar-refractivity contribution in [3.05, 3.63) is 81.1 Å². The van der Waals surface area contributed by atoms with Crippen molar-refractivity contribution < 1.29 is 4.79 Å². The number of halogens is 1. The number of hydrogen-bond acceptors (Lipinski definition) is 3. The Bertz CT molecular complexity index is 1150. The molecule has 0 bridgehead atoms. The highest BCUT2D eigenvalue weighted by molar-refractivity contribution is 6.34. The average molecular weight is 394 g/mol. The lowest BCUT2D eigenvalue weighted by molar-refractivity contribution is 0.0996. The summed E-state index contributed by atoms with van der Waals surface area (Å²) in [7, 11) is 5.61. The first-order valence-corrected chi connectivity index (χ1v) is 9.33. The van der Waals surface area contributed by atoms with Crippen LogP contribution in [-0.2, 0) is 13.6 Å². The van der Waals surface area contributed by atoms with E-state index in [-0.39, 0.29) is 11.5 Å². The highest BCUT2D eigenvalue weighted by Crippen LogP contribution is 2.37. The number of rotatable bonds is 3. The molecule has 1 amide bonds. The van der Waals surface area contributed by atoms with E-state index in [1.807, 2.05) is 61.5 Å². The van der Waals surface area contributed by atoms with E-state index in [1.165, 1.54) is 0 Å². The molecule has 0 saturated heterocycles. The Balaban J connectivity index is 1.91. The Morgan fingerprint density at radius 2 is 1.75 bits per heavy atom. The fourth-order valence-electron chi connectivity index (χ4n) is 3.62. The molecule has 4 rings (SSSR count). The largest absolute Gasteiger partial charge is 0.378 e. The van der Waals surface area contributed by atoms with Crippen LogP contribution >= 0.6 is 11.6 Å².